The Balaban J connectivity index is 2.34. The van der Waals surface area contributed by atoms with Crippen molar-refractivity contribution in [1.82, 2.24) is 14.3 Å². The molecule has 2 heterocycles. The van der Waals surface area contributed by atoms with Crippen molar-refractivity contribution in [2.75, 3.05) is 19.9 Å². The topological polar surface area (TPSA) is 129 Å². The molecule has 142 valence electrons. The summed E-state index contributed by atoms with van der Waals surface area (Å²) in [6.07, 6.45) is -0.650. The van der Waals surface area contributed by atoms with E-state index in [1.165, 1.54) is 23.9 Å². The molecule has 25 heavy (non-hydrogen) atoms. The lowest BCUT2D eigenvalue weighted by atomic mass is 10.1. The lowest BCUT2D eigenvalue weighted by Crippen LogP contribution is -2.43. The molecule has 1 aliphatic rings. The fraction of sp³-hybridized carbons (Fsp3) is 0.714. The zero-order chi connectivity index (χ0) is 18.8. The van der Waals surface area contributed by atoms with Crippen LogP contribution in [0, 0.1) is 0 Å². The van der Waals surface area contributed by atoms with Gasteiger partial charge in [-0.25, -0.2) is 17.9 Å². The molecule has 10 nitrogen and oxygen atoms in total. The van der Waals surface area contributed by atoms with Gasteiger partial charge in [-0.2, -0.15) is 0 Å². The Morgan fingerprint density at radius 1 is 1.36 bits per heavy atom. The van der Waals surface area contributed by atoms with E-state index in [1.54, 1.807) is 0 Å². The molecule has 0 aliphatic carbocycles. The van der Waals surface area contributed by atoms with Gasteiger partial charge >= 0.3 is 5.69 Å². The fourth-order valence-electron chi connectivity index (χ4n) is 2.69. The van der Waals surface area contributed by atoms with Crippen molar-refractivity contribution in [1.29, 1.82) is 0 Å². The Labute approximate surface area is 145 Å². The highest BCUT2D eigenvalue weighted by Crippen LogP contribution is 2.33. The van der Waals surface area contributed by atoms with Gasteiger partial charge in [-0.05, 0) is 13.8 Å². The number of methoxy groups -OCH3 is 1. The largest absolute Gasteiger partial charge is 0.374 e. The predicted molar refractivity (Wildman–Crippen MR) is 88.9 cm³/mol. The van der Waals surface area contributed by atoms with E-state index in [9.17, 15) is 18.0 Å². The number of H-pyrrole nitrogens is 1. The quantitative estimate of drug-likeness (QED) is 0.610. The molecular weight excluding hydrogens is 354 g/mol. The maximum Gasteiger partial charge on any atom is 0.330 e. The van der Waals surface area contributed by atoms with E-state index in [2.05, 4.69) is 9.71 Å². The molecule has 0 amide bonds. The second-order valence-corrected chi connectivity index (χ2v) is 7.89. The molecule has 1 unspecified atom stereocenters. The predicted octanol–water partition coefficient (Wildman–Crippen LogP) is -1.21. The number of ether oxygens (including phenoxy) is 3. The van der Waals surface area contributed by atoms with E-state index in [1.807, 2.05) is 13.8 Å². The van der Waals surface area contributed by atoms with E-state index in [4.69, 9.17) is 14.2 Å². The number of nitrogens with one attached hydrogen (secondary N) is 2. The first-order valence-corrected chi connectivity index (χ1v) is 9.61. The van der Waals surface area contributed by atoms with E-state index in [0.29, 0.717) is 0 Å². The van der Waals surface area contributed by atoms with Crippen molar-refractivity contribution in [2.24, 2.45) is 0 Å². The summed E-state index contributed by atoms with van der Waals surface area (Å²) in [5.41, 5.74) is -1.18. The van der Waals surface area contributed by atoms with Gasteiger partial charge in [-0.15, -0.1) is 0 Å². The second kappa shape index (κ2) is 7.79. The zero-order valence-corrected chi connectivity index (χ0v) is 15.3. The van der Waals surface area contributed by atoms with Gasteiger partial charge in [0.15, 0.2) is 6.23 Å². The van der Waals surface area contributed by atoms with Crippen LogP contribution < -0.4 is 16.0 Å². The molecule has 1 aromatic rings. The van der Waals surface area contributed by atoms with E-state index in [0.717, 1.165) is 6.26 Å². The number of sulfonamides is 1. The first kappa shape index (κ1) is 19.8. The molecule has 0 saturated carbocycles. The number of aromatic amines is 1. The van der Waals surface area contributed by atoms with Gasteiger partial charge < -0.3 is 14.2 Å². The standard InChI is InChI=1S/C14H23N3O7S/c1-8(2)23-11-9(7-15-25(4,20)21)24-13(12(11)22-3)17-6-5-10(18)16-14(17)19/h5-6,8-9,11-13,15H,7H2,1-4H3,(H,16,18,19)/t9-,11-,12-,13?/m1/s1. The molecular formula is C14H23N3O7S. The summed E-state index contributed by atoms with van der Waals surface area (Å²) in [7, 11) is -1.98. The molecule has 11 heteroatoms. The third kappa shape index (κ3) is 4.98. The van der Waals surface area contributed by atoms with Gasteiger partial charge in [0.25, 0.3) is 5.56 Å². The highest BCUT2D eigenvalue weighted by atomic mass is 32.2. The average molecular weight is 377 g/mol. The maximum atomic E-state index is 12.1. The van der Waals surface area contributed by atoms with E-state index >= 15 is 0 Å². The highest BCUT2D eigenvalue weighted by molar-refractivity contribution is 7.88. The van der Waals surface area contributed by atoms with Crippen LogP contribution in [-0.4, -0.2) is 62.3 Å². The van der Waals surface area contributed by atoms with Crippen molar-refractivity contribution >= 4 is 10.0 Å². The fourth-order valence-corrected chi connectivity index (χ4v) is 3.15. The van der Waals surface area contributed by atoms with Crippen LogP contribution in [0.5, 0.6) is 0 Å². The summed E-state index contributed by atoms with van der Waals surface area (Å²) < 4.78 is 43.5. The lowest BCUT2D eigenvalue weighted by Gasteiger charge is -2.25. The van der Waals surface area contributed by atoms with Gasteiger partial charge in [0.1, 0.15) is 18.3 Å². The van der Waals surface area contributed by atoms with Crippen LogP contribution in [0.3, 0.4) is 0 Å². The molecule has 0 spiro atoms. The number of hydrogen-bond acceptors (Lipinski definition) is 7. The van der Waals surface area contributed by atoms with E-state index < -0.39 is 45.8 Å². The monoisotopic (exact) mass is 377 g/mol. The van der Waals surface area contributed by atoms with Crippen LogP contribution in [0.25, 0.3) is 0 Å². The van der Waals surface area contributed by atoms with Crippen LogP contribution >= 0.6 is 0 Å². The van der Waals surface area contributed by atoms with Crippen molar-refractivity contribution < 1.29 is 22.6 Å². The van der Waals surface area contributed by atoms with Gasteiger partial charge in [0.05, 0.1) is 12.4 Å². The first-order chi connectivity index (χ1) is 11.6. The Kier molecular flexibility index (Phi) is 6.16. The molecule has 0 bridgehead atoms. The first-order valence-electron chi connectivity index (χ1n) is 7.72. The molecule has 2 N–H and O–H groups in total. The molecule has 1 fully saturated rings. The number of rotatable bonds is 7. The van der Waals surface area contributed by atoms with Crippen LogP contribution in [0.15, 0.2) is 21.9 Å². The van der Waals surface area contributed by atoms with Crippen molar-refractivity contribution in [2.45, 2.75) is 44.5 Å². The summed E-state index contributed by atoms with van der Waals surface area (Å²) in [4.78, 5) is 25.5. The van der Waals surface area contributed by atoms with Gasteiger partial charge in [0, 0.05) is 25.9 Å². The van der Waals surface area contributed by atoms with Crippen molar-refractivity contribution in [3.8, 4) is 0 Å². The third-order valence-corrected chi connectivity index (χ3v) is 4.35. The summed E-state index contributed by atoms with van der Waals surface area (Å²) in [6, 6.07) is 1.19. The van der Waals surface area contributed by atoms with Gasteiger partial charge in [-0.3, -0.25) is 14.3 Å². The zero-order valence-electron chi connectivity index (χ0n) is 14.5. The smallest absolute Gasteiger partial charge is 0.330 e. The van der Waals surface area contributed by atoms with Crippen LogP contribution in [0.1, 0.15) is 20.1 Å². The number of nitrogens with zero attached hydrogens (tertiary/aromatic N) is 1. The summed E-state index contributed by atoms with van der Waals surface area (Å²) >= 11 is 0. The lowest BCUT2D eigenvalue weighted by molar-refractivity contribution is -0.0785. The maximum absolute atomic E-state index is 12.1. The minimum absolute atomic E-state index is 0.0370. The summed E-state index contributed by atoms with van der Waals surface area (Å²) in [5.74, 6) is 0. The molecule has 0 aromatic carbocycles. The van der Waals surface area contributed by atoms with Gasteiger partial charge in [0.2, 0.25) is 10.0 Å². The normalized spacial score (nSPS) is 27.1. The Hall–Kier alpha value is -1.53. The van der Waals surface area contributed by atoms with Crippen LogP contribution in [0.2, 0.25) is 0 Å². The minimum atomic E-state index is -3.43. The van der Waals surface area contributed by atoms with Crippen molar-refractivity contribution in [3.05, 3.63) is 33.1 Å². The summed E-state index contributed by atoms with van der Waals surface area (Å²) in [6.45, 7) is 3.62. The molecule has 4 atom stereocenters. The third-order valence-electron chi connectivity index (χ3n) is 3.66. The summed E-state index contributed by atoms with van der Waals surface area (Å²) in [5, 5.41) is 0. The van der Waals surface area contributed by atoms with Crippen LogP contribution in [0.4, 0.5) is 0 Å². The Morgan fingerprint density at radius 3 is 2.56 bits per heavy atom. The Morgan fingerprint density at radius 2 is 2.04 bits per heavy atom. The van der Waals surface area contributed by atoms with E-state index in [-0.39, 0.29) is 12.6 Å². The molecule has 0 radical (unpaired) electrons. The minimum Gasteiger partial charge on any atom is -0.374 e. The van der Waals surface area contributed by atoms with Gasteiger partial charge in [-0.1, -0.05) is 0 Å². The molecule has 1 aromatic heterocycles. The van der Waals surface area contributed by atoms with Crippen LogP contribution in [-0.2, 0) is 24.2 Å². The average Bonchev–Trinajstić information content (AvgIpc) is 2.81. The molecule has 2 rings (SSSR count). The number of hydrogen-bond donors (Lipinski definition) is 2. The Bertz CT molecular complexity index is 801. The number of aromatic nitrogens is 2. The molecule has 1 saturated heterocycles. The molecule has 1 aliphatic heterocycles. The highest BCUT2D eigenvalue weighted by Gasteiger charge is 2.47. The second-order valence-electron chi connectivity index (χ2n) is 6.05. The SMILES string of the molecule is CO[C@H]1C(n2ccc(=O)[nH]c2=O)O[C@H](CNS(C)(=O)=O)[C@H]1OC(C)C. The van der Waals surface area contributed by atoms with Crippen molar-refractivity contribution in [3.63, 3.8) is 0 Å².